The molecule has 1 heterocycles. The fourth-order valence-electron chi connectivity index (χ4n) is 2.63. The van der Waals surface area contributed by atoms with Gasteiger partial charge in [0.05, 0.1) is 0 Å². The monoisotopic (exact) mass is 238 g/mol. The molecule has 3 rings (SSSR count). The van der Waals surface area contributed by atoms with E-state index in [-0.39, 0.29) is 0 Å². The summed E-state index contributed by atoms with van der Waals surface area (Å²) in [5, 5.41) is 3.65. The third-order valence-corrected chi connectivity index (χ3v) is 3.69. The zero-order chi connectivity index (χ0) is 12.2. The molecule has 0 aliphatic heterocycles. The summed E-state index contributed by atoms with van der Waals surface area (Å²) < 4.78 is 0. The highest BCUT2D eigenvalue weighted by Gasteiger charge is 2.17. The summed E-state index contributed by atoms with van der Waals surface area (Å²) in [4.78, 5) is 4.04. The number of aromatic nitrogens is 1. The predicted molar refractivity (Wildman–Crippen MR) is 73.3 cm³/mol. The average Bonchev–Trinajstić information content (AvgIpc) is 2.46. The minimum Gasteiger partial charge on any atom is -0.310 e. The van der Waals surface area contributed by atoms with Crippen LogP contribution in [0, 0.1) is 0 Å². The van der Waals surface area contributed by atoms with E-state index in [0.29, 0.717) is 6.04 Å². The second-order valence-electron chi connectivity index (χ2n) is 4.94. The SMILES string of the molecule is c1ccc2c(c1)CCC(NCc1ccncc1)C2. The smallest absolute Gasteiger partial charge is 0.0271 e. The van der Waals surface area contributed by atoms with Crippen molar-refractivity contribution in [3.05, 3.63) is 65.5 Å². The maximum Gasteiger partial charge on any atom is 0.0271 e. The van der Waals surface area contributed by atoms with Gasteiger partial charge in [-0.15, -0.1) is 0 Å². The fourth-order valence-corrected chi connectivity index (χ4v) is 2.63. The molecule has 2 aromatic rings. The first-order valence-corrected chi connectivity index (χ1v) is 6.61. The number of hydrogen-bond donors (Lipinski definition) is 1. The largest absolute Gasteiger partial charge is 0.310 e. The predicted octanol–water partition coefficient (Wildman–Crippen LogP) is 2.73. The standard InChI is InChI=1S/C16H18N2/c1-2-4-15-11-16(6-5-14(15)3-1)18-12-13-7-9-17-10-8-13/h1-4,7-10,16,18H,5-6,11-12H2. The molecule has 2 heteroatoms. The number of nitrogens with zero attached hydrogens (tertiary/aromatic N) is 1. The van der Waals surface area contributed by atoms with Crippen LogP contribution < -0.4 is 5.32 Å². The van der Waals surface area contributed by atoms with E-state index in [4.69, 9.17) is 0 Å². The minimum atomic E-state index is 0.605. The van der Waals surface area contributed by atoms with Crippen LogP contribution in [-0.4, -0.2) is 11.0 Å². The maximum atomic E-state index is 4.04. The minimum absolute atomic E-state index is 0.605. The van der Waals surface area contributed by atoms with Crippen LogP contribution in [0.15, 0.2) is 48.8 Å². The van der Waals surface area contributed by atoms with Gasteiger partial charge in [-0.05, 0) is 48.1 Å². The Kier molecular flexibility index (Phi) is 3.37. The van der Waals surface area contributed by atoms with Gasteiger partial charge in [0.25, 0.3) is 0 Å². The molecule has 1 unspecified atom stereocenters. The fraction of sp³-hybridized carbons (Fsp3) is 0.312. The van der Waals surface area contributed by atoms with Gasteiger partial charge in [0.15, 0.2) is 0 Å². The van der Waals surface area contributed by atoms with Gasteiger partial charge in [-0.3, -0.25) is 4.98 Å². The second kappa shape index (κ2) is 5.32. The van der Waals surface area contributed by atoms with Crippen LogP contribution in [0.4, 0.5) is 0 Å². The van der Waals surface area contributed by atoms with Crippen LogP contribution in [0.1, 0.15) is 23.1 Å². The van der Waals surface area contributed by atoms with Crippen molar-refractivity contribution in [3.8, 4) is 0 Å². The number of hydrogen-bond acceptors (Lipinski definition) is 2. The van der Waals surface area contributed by atoms with E-state index >= 15 is 0 Å². The Morgan fingerprint density at radius 2 is 1.83 bits per heavy atom. The molecule has 0 spiro atoms. The van der Waals surface area contributed by atoms with Crippen LogP contribution in [0.25, 0.3) is 0 Å². The molecule has 0 bridgehead atoms. The van der Waals surface area contributed by atoms with E-state index in [2.05, 4.69) is 46.7 Å². The first-order chi connectivity index (χ1) is 8.92. The molecule has 1 aliphatic carbocycles. The molecular weight excluding hydrogens is 220 g/mol. The lowest BCUT2D eigenvalue weighted by Gasteiger charge is -2.25. The van der Waals surface area contributed by atoms with Crippen LogP contribution in [0.3, 0.4) is 0 Å². The Balaban J connectivity index is 1.60. The molecule has 0 radical (unpaired) electrons. The normalized spacial score (nSPS) is 18.3. The maximum absolute atomic E-state index is 4.04. The zero-order valence-corrected chi connectivity index (χ0v) is 10.5. The van der Waals surface area contributed by atoms with Crippen LogP contribution in [-0.2, 0) is 19.4 Å². The molecule has 1 N–H and O–H groups in total. The van der Waals surface area contributed by atoms with E-state index in [9.17, 15) is 0 Å². The molecule has 0 saturated carbocycles. The molecule has 92 valence electrons. The number of benzene rings is 1. The van der Waals surface area contributed by atoms with Crippen molar-refractivity contribution in [2.45, 2.75) is 31.8 Å². The molecule has 1 aromatic carbocycles. The van der Waals surface area contributed by atoms with Crippen LogP contribution >= 0.6 is 0 Å². The van der Waals surface area contributed by atoms with Crippen LogP contribution in [0.5, 0.6) is 0 Å². The van der Waals surface area contributed by atoms with Crippen molar-refractivity contribution in [3.63, 3.8) is 0 Å². The third kappa shape index (κ3) is 2.59. The summed E-state index contributed by atoms with van der Waals surface area (Å²) in [6, 6.07) is 13.6. The van der Waals surface area contributed by atoms with E-state index in [0.717, 1.165) is 13.0 Å². The van der Waals surface area contributed by atoms with Crippen molar-refractivity contribution >= 4 is 0 Å². The molecule has 1 atom stereocenters. The molecule has 1 aromatic heterocycles. The molecule has 0 amide bonds. The summed E-state index contributed by atoms with van der Waals surface area (Å²) in [6.07, 6.45) is 7.30. The van der Waals surface area contributed by atoms with Crippen molar-refractivity contribution in [1.29, 1.82) is 0 Å². The van der Waals surface area contributed by atoms with Crippen molar-refractivity contribution in [2.75, 3.05) is 0 Å². The molecule has 18 heavy (non-hydrogen) atoms. The van der Waals surface area contributed by atoms with E-state index in [1.54, 1.807) is 0 Å². The van der Waals surface area contributed by atoms with Gasteiger partial charge in [-0.25, -0.2) is 0 Å². The summed E-state index contributed by atoms with van der Waals surface area (Å²) in [6.45, 7) is 0.940. The van der Waals surface area contributed by atoms with Gasteiger partial charge >= 0.3 is 0 Å². The molecule has 0 saturated heterocycles. The van der Waals surface area contributed by atoms with Crippen molar-refractivity contribution < 1.29 is 0 Å². The number of rotatable bonds is 3. The summed E-state index contributed by atoms with van der Waals surface area (Å²) in [5.74, 6) is 0. The molecule has 2 nitrogen and oxygen atoms in total. The summed E-state index contributed by atoms with van der Waals surface area (Å²) in [7, 11) is 0. The number of pyridine rings is 1. The second-order valence-corrected chi connectivity index (χ2v) is 4.94. The zero-order valence-electron chi connectivity index (χ0n) is 10.5. The third-order valence-electron chi connectivity index (χ3n) is 3.69. The van der Waals surface area contributed by atoms with Gasteiger partial charge in [-0.2, -0.15) is 0 Å². The Morgan fingerprint density at radius 3 is 2.67 bits per heavy atom. The summed E-state index contributed by atoms with van der Waals surface area (Å²) in [5.41, 5.74) is 4.35. The quantitative estimate of drug-likeness (QED) is 0.889. The number of aryl methyl sites for hydroxylation is 1. The van der Waals surface area contributed by atoms with E-state index < -0.39 is 0 Å². The van der Waals surface area contributed by atoms with Crippen molar-refractivity contribution in [2.24, 2.45) is 0 Å². The van der Waals surface area contributed by atoms with Gasteiger partial charge < -0.3 is 5.32 Å². The Labute approximate surface area is 108 Å². The lowest BCUT2D eigenvalue weighted by molar-refractivity contribution is 0.457. The number of nitrogens with one attached hydrogen (secondary N) is 1. The van der Waals surface area contributed by atoms with Crippen molar-refractivity contribution in [1.82, 2.24) is 10.3 Å². The van der Waals surface area contributed by atoms with Gasteiger partial charge in [0.1, 0.15) is 0 Å². The first-order valence-electron chi connectivity index (χ1n) is 6.61. The lowest BCUT2D eigenvalue weighted by atomic mass is 9.88. The molecule has 1 aliphatic rings. The Bertz CT molecular complexity index is 508. The lowest BCUT2D eigenvalue weighted by Crippen LogP contribution is -2.34. The van der Waals surface area contributed by atoms with Gasteiger partial charge in [-0.1, -0.05) is 24.3 Å². The Hall–Kier alpha value is -1.67. The van der Waals surface area contributed by atoms with E-state index in [1.807, 2.05) is 12.4 Å². The topological polar surface area (TPSA) is 24.9 Å². The Morgan fingerprint density at radius 1 is 1.06 bits per heavy atom. The van der Waals surface area contributed by atoms with Crippen LogP contribution in [0.2, 0.25) is 0 Å². The highest BCUT2D eigenvalue weighted by Crippen LogP contribution is 2.21. The van der Waals surface area contributed by atoms with Gasteiger partial charge in [0.2, 0.25) is 0 Å². The van der Waals surface area contributed by atoms with E-state index in [1.165, 1.54) is 29.5 Å². The van der Waals surface area contributed by atoms with Gasteiger partial charge in [0, 0.05) is 25.0 Å². The highest BCUT2D eigenvalue weighted by molar-refractivity contribution is 5.30. The first kappa shape index (κ1) is 11.4. The summed E-state index contributed by atoms with van der Waals surface area (Å²) >= 11 is 0. The average molecular weight is 238 g/mol. The highest BCUT2D eigenvalue weighted by atomic mass is 14.9. The molecule has 0 fully saturated rings. The molecular formula is C16H18N2. The number of fused-ring (bicyclic) bond motifs is 1.